The van der Waals surface area contributed by atoms with E-state index in [0.717, 1.165) is 32.6 Å². The van der Waals surface area contributed by atoms with Crippen LogP contribution in [0.1, 0.15) is 24.3 Å². The Morgan fingerprint density at radius 2 is 2.33 bits per heavy atom. The molecule has 1 aliphatic rings. The Morgan fingerprint density at radius 1 is 1.50 bits per heavy atom. The van der Waals surface area contributed by atoms with Crippen molar-refractivity contribution >= 4 is 17.3 Å². The molecule has 0 amide bonds. The molecule has 0 spiro atoms. The van der Waals surface area contributed by atoms with Crippen LogP contribution in [0.25, 0.3) is 0 Å². The number of carboxylic acids is 1. The van der Waals surface area contributed by atoms with E-state index in [1.165, 1.54) is 4.88 Å². The van der Waals surface area contributed by atoms with E-state index in [-0.39, 0.29) is 6.54 Å². The standard InChI is InChI=1S/C12H19N3O2S/c1-10(11-7-13-9-18-11)15-4-2-3-14(5-6-15)8-12(16)17/h7,9-10H,2-6,8H2,1H3,(H,16,17). The monoisotopic (exact) mass is 269 g/mol. The number of hydrogen-bond donors (Lipinski definition) is 1. The highest BCUT2D eigenvalue weighted by atomic mass is 32.1. The van der Waals surface area contributed by atoms with Crippen molar-refractivity contribution in [3.05, 3.63) is 16.6 Å². The Bertz CT molecular complexity index is 383. The summed E-state index contributed by atoms with van der Waals surface area (Å²) in [4.78, 5) is 20.5. The highest BCUT2D eigenvalue weighted by molar-refractivity contribution is 7.09. The van der Waals surface area contributed by atoms with Crippen LogP contribution < -0.4 is 0 Å². The lowest BCUT2D eigenvalue weighted by atomic mass is 10.2. The zero-order valence-corrected chi connectivity index (χ0v) is 11.4. The molecule has 18 heavy (non-hydrogen) atoms. The van der Waals surface area contributed by atoms with Gasteiger partial charge in [-0.15, -0.1) is 11.3 Å². The molecule has 2 rings (SSSR count). The molecule has 100 valence electrons. The van der Waals surface area contributed by atoms with Crippen molar-refractivity contribution in [3.63, 3.8) is 0 Å². The first-order valence-electron chi connectivity index (χ1n) is 6.23. The number of carbonyl (C=O) groups is 1. The fourth-order valence-electron chi connectivity index (χ4n) is 2.34. The van der Waals surface area contributed by atoms with Gasteiger partial charge in [0, 0.05) is 43.3 Å². The smallest absolute Gasteiger partial charge is 0.317 e. The number of rotatable bonds is 4. The average molecular weight is 269 g/mol. The number of carboxylic acid groups (broad SMARTS) is 1. The largest absolute Gasteiger partial charge is 0.480 e. The van der Waals surface area contributed by atoms with E-state index in [9.17, 15) is 4.79 Å². The highest BCUT2D eigenvalue weighted by Gasteiger charge is 2.21. The quantitative estimate of drug-likeness (QED) is 0.893. The second kappa shape index (κ2) is 6.26. The van der Waals surface area contributed by atoms with E-state index < -0.39 is 5.97 Å². The Kier molecular flexibility index (Phi) is 4.68. The first-order chi connectivity index (χ1) is 8.66. The summed E-state index contributed by atoms with van der Waals surface area (Å²) in [5, 5.41) is 8.82. The third kappa shape index (κ3) is 3.51. The van der Waals surface area contributed by atoms with Gasteiger partial charge in [-0.2, -0.15) is 0 Å². The summed E-state index contributed by atoms with van der Waals surface area (Å²) in [6, 6.07) is 0.377. The lowest BCUT2D eigenvalue weighted by molar-refractivity contribution is -0.138. The first-order valence-corrected chi connectivity index (χ1v) is 7.11. The summed E-state index contributed by atoms with van der Waals surface area (Å²) in [5.74, 6) is -0.737. The second-order valence-electron chi connectivity index (χ2n) is 4.64. The normalized spacial score (nSPS) is 20.5. The van der Waals surface area contributed by atoms with Crippen molar-refractivity contribution in [3.8, 4) is 0 Å². The van der Waals surface area contributed by atoms with Gasteiger partial charge in [0.15, 0.2) is 0 Å². The van der Waals surface area contributed by atoms with E-state index in [1.807, 2.05) is 16.6 Å². The Labute approximate surface area is 111 Å². The van der Waals surface area contributed by atoms with Crippen LogP contribution >= 0.6 is 11.3 Å². The van der Waals surface area contributed by atoms with Gasteiger partial charge in [0.05, 0.1) is 12.1 Å². The molecule has 1 atom stereocenters. The predicted molar refractivity (Wildman–Crippen MR) is 70.8 cm³/mol. The molecule has 1 saturated heterocycles. The Balaban J connectivity index is 1.90. The van der Waals surface area contributed by atoms with E-state index in [4.69, 9.17) is 5.11 Å². The van der Waals surface area contributed by atoms with Crippen LogP contribution in [0.15, 0.2) is 11.7 Å². The molecule has 0 bridgehead atoms. The molecule has 2 heterocycles. The van der Waals surface area contributed by atoms with Crippen molar-refractivity contribution in [2.45, 2.75) is 19.4 Å². The lowest BCUT2D eigenvalue weighted by Crippen LogP contribution is -2.34. The fourth-order valence-corrected chi connectivity index (χ4v) is 3.05. The van der Waals surface area contributed by atoms with Gasteiger partial charge in [-0.25, -0.2) is 0 Å². The zero-order chi connectivity index (χ0) is 13.0. The van der Waals surface area contributed by atoms with Crippen molar-refractivity contribution in [1.82, 2.24) is 14.8 Å². The summed E-state index contributed by atoms with van der Waals surface area (Å²) in [6.07, 6.45) is 2.95. The maximum atomic E-state index is 10.7. The van der Waals surface area contributed by atoms with Crippen LogP contribution in [-0.2, 0) is 4.79 Å². The van der Waals surface area contributed by atoms with E-state index in [1.54, 1.807) is 11.3 Å². The van der Waals surface area contributed by atoms with E-state index in [2.05, 4.69) is 16.8 Å². The second-order valence-corrected chi connectivity index (χ2v) is 5.56. The SMILES string of the molecule is CC(c1cncs1)N1CCCN(CC(=O)O)CC1. The minimum absolute atomic E-state index is 0.156. The van der Waals surface area contributed by atoms with Crippen LogP contribution in [0, 0.1) is 0 Å². The molecule has 1 aromatic rings. The van der Waals surface area contributed by atoms with Crippen LogP contribution in [-0.4, -0.2) is 58.6 Å². The molecule has 1 N–H and O–H groups in total. The van der Waals surface area contributed by atoms with E-state index in [0.29, 0.717) is 6.04 Å². The molecule has 0 saturated carbocycles. The summed E-state index contributed by atoms with van der Waals surface area (Å²) in [7, 11) is 0. The molecule has 1 fully saturated rings. The predicted octanol–water partition coefficient (Wildman–Crippen LogP) is 1.30. The summed E-state index contributed by atoms with van der Waals surface area (Å²) >= 11 is 1.68. The van der Waals surface area contributed by atoms with Crippen LogP contribution in [0.2, 0.25) is 0 Å². The molecule has 0 aromatic carbocycles. The molecule has 0 radical (unpaired) electrons. The van der Waals surface area contributed by atoms with Crippen molar-refractivity contribution in [2.75, 3.05) is 32.7 Å². The van der Waals surface area contributed by atoms with Gasteiger partial charge in [-0.05, 0) is 13.3 Å². The third-order valence-electron chi connectivity index (χ3n) is 3.39. The molecule has 0 aliphatic carbocycles. The van der Waals surface area contributed by atoms with Gasteiger partial charge in [0.25, 0.3) is 0 Å². The van der Waals surface area contributed by atoms with Crippen LogP contribution in [0.4, 0.5) is 0 Å². The van der Waals surface area contributed by atoms with Crippen molar-refractivity contribution in [2.24, 2.45) is 0 Å². The molecule has 1 aromatic heterocycles. The Hall–Kier alpha value is -0.980. The number of aliphatic carboxylic acids is 1. The number of nitrogens with zero attached hydrogens (tertiary/aromatic N) is 3. The Morgan fingerprint density at radius 3 is 3.00 bits per heavy atom. The maximum absolute atomic E-state index is 10.7. The van der Waals surface area contributed by atoms with Gasteiger partial charge in [0.2, 0.25) is 0 Å². The first kappa shape index (κ1) is 13.5. The average Bonchev–Trinajstić information content (AvgIpc) is 2.76. The minimum atomic E-state index is -0.737. The van der Waals surface area contributed by atoms with Gasteiger partial charge >= 0.3 is 5.97 Å². The molecular formula is C12H19N3O2S. The maximum Gasteiger partial charge on any atom is 0.317 e. The molecule has 1 unspecified atom stereocenters. The van der Waals surface area contributed by atoms with Crippen LogP contribution in [0.5, 0.6) is 0 Å². The van der Waals surface area contributed by atoms with Crippen molar-refractivity contribution in [1.29, 1.82) is 0 Å². The molecule has 1 aliphatic heterocycles. The highest BCUT2D eigenvalue weighted by Crippen LogP contribution is 2.24. The van der Waals surface area contributed by atoms with Gasteiger partial charge < -0.3 is 5.11 Å². The molecule has 5 nitrogen and oxygen atoms in total. The lowest BCUT2D eigenvalue weighted by Gasteiger charge is -2.26. The topological polar surface area (TPSA) is 56.7 Å². The third-order valence-corrected chi connectivity index (χ3v) is 4.34. The zero-order valence-electron chi connectivity index (χ0n) is 10.6. The van der Waals surface area contributed by atoms with Crippen LogP contribution in [0.3, 0.4) is 0 Å². The molecule has 6 heteroatoms. The number of thiazole rings is 1. The van der Waals surface area contributed by atoms with Gasteiger partial charge in [0.1, 0.15) is 0 Å². The minimum Gasteiger partial charge on any atom is -0.480 e. The van der Waals surface area contributed by atoms with Crippen molar-refractivity contribution < 1.29 is 9.90 Å². The van der Waals surface area contributed by atoms with Gasteiger partial charge in [-0.3, -0.25) is 19.6 Å². The summed E-state index contributed by atoms with van der Waals surface area (Å²) < 4.78 is 0. The molecular weight excluding hydrogens is 250 g/mol. The fraction of sp³-hybridized carbons (Fsp3) is 0.667. The number of aromatic nitrogens is 1. The van der Waals surface area contributed by atoms with E-state index >= 15 is 0 Å². The summed E-state index contributed by atoms with van der Waals surface area (Å²) in [5.41, 5.74) is 1.86. The summed E-state index contributed by atoms with van der Waals surface area (Å²) in [6.45, 7) is 6.00. The number of hydrogen-bond acceptors (Lipinski definition) is 5. The van der Waals surface area contributed by atoms with Gasteiger partial charge in [-0.1, -0.05) is 0 Å².